The number of fused-ring (bicyclic) bond motifs is 1. The molecule has 3 aromatic heterocycles. The minimum absolute atomic E-state index is 0.205. The van der Waals surface area contributed by atoms with Gasteiger partial charge in [0.1, 0.15) is 11.5 Å². The molecule has 9 heteroatoms. The van der Waals surface area contributed by atoms with Gasteiger partial charge in [0, 0.05) is 40.6 Å². The molecule has 4 aromatic rings. The van der Waals surface area contributed by atoms with Gasteiger partial charge >= 0.3 is 6.03 Å². The molecule has 0 unspecified atom stereocenters. The van der Waals surface area contributed by atoms with Gasteiger partial charge in [-0.2, -0.15) is 0 Å². The fraction of sp³-hybridized carbons (Fsp3) is 0.174. The molecule has 0 aliphatic heterocycles. The van der Waals surface area contributed by atoms with Crippen molar-refractivity contribution in [2.75, 3.05) is 16.0 Å². The number of urea groups is 1. The van der Waals surface area contributed by atoms with E-state index in [1.54, 1.807) is 60.9 Å². The van der Waals surface area contributed by atoms with Gasteiger partial charge in [-0.25, -0.2) is 9.78 Å². The normalized spacial score (nSPS) is 11.2. The van der Waals surface area contributed by atoms with E-state index in [1.807, 2.05) is 20.8 Å². The Labute approximate surface area is 184 Å². The number of hydrogen-bond acceptors (Lipinski definition) is 6. The molecule has 3 heterocycles. The fourth-order valence-electron chi connectivity index (χ4n) is 2.89. The molecule has 4 rings (SSSR count). The van der Waals surface area contributed by atoms with E-state index in [0.29, 0.717) is 34.2 Å². The molecule has 32 heavy (non-hydrogen) atoms. The lowest BCUT2D eigenvalue weighted by Crippen LogP contribution is -2.19. The Balaban J connectivity index is 1.35. The second kappa shape index (κ2) is 8.46. The van der Waals surface area contributed by atoms with Crippen molar-refractivity contribution >= 4 is 40.0 Å². The molecule has 0 saturated carbocycles. The van der Waals surface area contributed by atoms with E-state index in [4.69, 9.17) is 4.52 Å². The topological polar surface area (TPSA) is 122 Å². The molecule has 0 aliphatic rings. The van der Waals surface area contributed by atoms with Crippen molar-refractivity contribution in [1.29, 1.82) is 0 Å². The Morgan fingerprint density at radius 2 is 1.62 bits per heavy atom. The van der Waals surface area contributed by atoms with Gasteiger partial charge in [0.15, 0.2) is 5.82 Å². The third-order valence-corrected chi connectivity index (χ3v) is 4.61. The SMILES string of the molecule is CC(C)(C)c1cc(NC(=O)Nc2ccc(NC(=O)c3ccc4cnccc4n3)cc2)no1. The third kappa shape index (κ3) is 4.89. The number of carbonyl (C=O) groups excluding carboxylic acids is 2. The number of pyridine rings is 2. The summed E-state index contributed by atoms with van der Waals surface area (Å²) in [5.74, 6) is 0.670. The molecule has 0 aliphatic carbocycles. The van der Waals surface area contributed by atoms with Crippen molar-refractivity contribution in [1.82, 2.24) is 15.1 Å². The van der Waals surface area contributed by atoms with E-state index in [-0.39, 0.29) is 11.3 Å². The van der Waals surface area contributed by atoms with E-state index in [1.165, 1.54) is 0 Å². The van der Waals surface area contributed by atoms with Crippen LogP contribution in [-0.2, 0) is 5.41 Å². The van der Waals surface area contributed by atoms with Crippen molar-refractivity contribution in [3.8, 4) is 0 Å². The molecule has 0 fully saturated rings. The summed E-state index contributed by atoms with van der Waals surface area (Å²) in [4.78, 5) is 33.1. The summed E-state index contributed by atoms with van der Waals surface area (Å²) in [6.07, 6.45) is 3.32. The van der Waals surface area contributed by atoms with E-state index in [2.05, 4.69) is 31.1 Å². The Morgan fingerprint density at radius 3 is 2.31 bits per heavy atom. The first-order chi connectivity index (χ1) is 15.3. The van der Waals surface area contributed by atoms with Gasteiger partial charge in [-0.3, -0.25) is 15.1 Å². The number of amides is 3. The number of aromatic nitrogens is 3. The Bertz CT molecular complexity index is 1270. The van der Waals surface area contributed by atoms with Crippen LogP contribution in [0.5, 0.6) is 0 Å². The number of nitrogens with zero attached hydrogens (tertiary/aromatic N) is 3. The van der Waals surface area contributed by atoms with Crippen LogP contribution in [0.4, 0.5) is 22.0 Å². The number of carbonyl (C=O) groups is 2. The minimum atomic E-state index is -0.453. The molecule has 0 bridgehead atoms. The summed E-state index contributed by atoms with van der Waals surface area (Å²) in [6.45, 7) is 5.97. The van der Waals surface area contributed by atoms with Gasteiger partial charge in [-0.15, -0.1) is 0 Å². The van der Waals surface area contributed by atoms with Crippen molar-refractivity contribution in [2.24, 2.45) is 0 Å². The molecule has 3 N–H and O–H groups in total. The molecule has 9 nitrogen and oxygen atoms in total. The highest BCUT2D eigenvalue weighted by atomic mass is 16.5. The first-order valence-corrected chi connectivity index (χ1v) is 9.95. The lowest BCUT2D eigenvalue weighted by atomic mass is 9.93. The predicted molar refractivity (Wildman–Crippen MR) is 122 cm³/mol. The number of hydrogen-bond donors (Lipinski definition) is 3. The van der Waals surface area contributed by atoms with Gasteiger partial charge in [-0.05, 0) is 42.5 Å². The quantitative estimate of drug-likeness (QED) is 0.427. The standard InChI is InChI=1S/C23H22N6O3/c1-23(2,3)19-12-20(29-32-19)28-22(31)26-16-7-5-15(6-8-16)25-21(30)18-9-4-14-13-24-11-10-17(14)27-18/h4-13H,1-3H3,(H,25,30)(H2,26,28,29,31). The van der Waals surface area contributed by atoms with Crippen molar-refractivity contribution in [3.05, 3.63) is 72.4 Å². The Morgan fingerprint density at radius 1 is 0.906 bits per heavy atom. The highest BCUT2D eigenvalue weighted by Crippen LogP contribution is 2.24. The lowest BCUT2D eigenvalue weighted by Gasteiger charge is -2.12. The van der Waals surface area contributed by atoms with E-state index in [0.717, 1.165) is 5.39 Å². The molecule has 3 amide bonds. The van der Waals surface area contributed by atoms with Crippen LogP contribution in [0.2, 0.25) is 0 Å². The summed E-state index contributed by atoms with van der Waals surface area (Å²) in [6, 6.07) is 13.2. The summed E-state index contributed by atoms with van der Waals surface area (Å²) in [5, 5.41) is 12.8. The molecule has 0 saturated heterocycles. The van der Waals surface area contributed by atoms with Crippen LogP contribution in [0.15, 0.2) is 65.4 Å². The minimum Gasteiger partial charge on any atom is -0.359 e. The molecule has 0 radical (unpaired) electrons. The smallest absolute Gasteiger partial charge is 0.324 e. The third-order valence-electron chi connectivity index (χ3n) is 4.61. The second-order valence-electron chi connectivity index (χ2n) is 8.20. The van der Waals surface area contributed by atoms with Crippen molar-refractivity contribution < 1.29 is 14.1 Å². The van der Waals surface area contributed by atoms with Crippen molar-refractivity contribution in [3.63, 3.8) is 0 Å². The molecular weight excluding hydrogens is 408 g/mol. The zero-order valence-corrected chi connectivity index (χ0v) is 17.8. The highest BCUT2D eigenvalue weighted by Gasteiger charge is 2.20. The van der Waals surface area contributed by atoms with Gasteiger partial charge in [-0.1, -0.05) is 25.9 Å². The van der Waals surface area contributed by atoms with Crippen LogP contribution < -0.4 is 16.0 Å². The molecule has 162 valence electrons. The van der Waals surface area contributed by atoms with E-state index in [9.17, 15) is 9.59 Å². The van der Waals surface area contributed by atoms with E-state index < -0.39 is 6.03 Å². The van der Waals surface area contributed by atoms with Gasteiger partial charge in [0.05, 0.1) is 5.52 Å². The molecule has 0 spiro atoms. The predicted octanol–water partition coefficient (Wildman–Crippen LogP) is 4.81. The Kier molecular flexibility index (Phi) is 5.55. The van der Waals surface area contributed by atoms with Gasteiger partial charge in [0.25, 0.3) is 5.91 Å². The lowest BCUT2D eigenvalue weighted by molar-refractivity contribution is 0.102. The first-order valence-electron chi connectivity index (χ1n) is 9.95. The highest BCUT2D eigenvalue weighted by molar-refractivity contribution is 6.04. The fourth-order valence-corrected chi connectivity index (χ4v) is 2.89. The summed E-state index contributed by atoms with van der Waals surface area (Å²) in [7, 11) is 0. The van der Waals surface area contributed by atoms with Crippen LogP contribution >= 0.6 is 0 Å². The number of benzene rings is 1. The van der Waals surface area contributed by atoms with Crippen LogP contribution in [0, 0.1) is 0 Å². The average Bonchev–Trinajstić information content (AvgIpc) is 3.23. The number of rotatable bonds is 4. The maximum atomic E-state index is 12.5. The maximum absolute atomic E-state index is 12.5. The second-order valence-corrected chi connectivity index (χ2v) is 8.20. The molecule has 0 atom stereocenters. The van der Waals surface area contributed by atoms with Crippen LogP contribution in [0.1, 0.15) is 37.0 Å². The number of anilines is 3. The summed E-state index contributed by atoms with van der Waals surface area (Å²) in [5.41, 5.74) is 1.91. The zero-order chi connectivity index (χ0) is 22.7. The van der Waals surface area contributed by atoms with Gasteiger partial charge < -0.3 is 15.2 Å². The monoisotopic (exact) mass is 430 g/mol. The molecule has 1 aromatic carbocycles. The largest absolute Gasteiger partial charge is 0.359 e. The number of nitrogens with one attached hydrogen (secondary N) is 3. The Hall–Kier alpha value is -4.27. The van der Waals surface area contributed by atoms with Crippen LogP contribution in [0.3, 0.4) is 0 Å². The van der Waals surface area contributed by atoms with Crippen molar-refractivity contribution in [2.45, 2.75) is 26.2 Å². The summed E-state index contributed by atoms with van der Waals surface area (Å²) >= 11 is 0. The van der Waals surface area contributed by atoms with E-state index >= 15 is 0 Å². The zero-order valence-electron chi connectivity index (χ0n) is 17.8. The van der Waals surface area contributed by atoms with Gasteiger partial charge in [0.2, 0.25) is 0 Å². The summed E-state index contributed by atoms with van der Waals surface area (Å²) < 4.78 is 5.25. The molecular formula is C23H22N6O3. The van der Waals surface area contributed by atoms with Crippen LogP contribution in [0.25, 0.3) is 10.9 Å². The maximum Gasteiger partial charge on any atom is 0.324 e. The average molecular weight is 430 g/mol. The van der Waals surface area contributed by atoms with Crippen LogP contribution in [-0.4, -0.2) is 27.1 Å². The first kappa shape index (κ1) is 21.0.